The number of ether oxygens (including phenoxy) is 1. The highest BCUT2D eigenvalue weighted by Gasteiger charge is 2.22. The molecule has 20 heavy (non-hydrogen) atoms. The van der Waals surface area contributed by atoms with Crippen molar-refractivity contribution in [2.24, 2.45) is 5.73 Å². The molecule has 3 N–H and O–H groups in total. The van der Waals surface area contributed by atoms with Crippen molar-refractivity contribution >= 4 is 28.8 Å². The lowest BCUT2D eigenvalue weighted by Gasteiger charge is -2.29. The van der Waals surface area contributed by atoms with Crippen LogP contribution in [0.2, 0.25) is 0 Å². The summed E-state index contributed by atoms with van der Waals surface area (Å²) in [6.07, 6.45) is 0. The zero-order chi connectivity index (χ0) is 14.5. The second-order valence-electron chi connectivity index (χ2n) is 4.75. The summed E-state index contributed by atoms with van der Waals surface area (Å²) in [7, 11) is 0. The van der Waals surface area contributed by atoms with Gasteiger partial charge in [-0.1, -0.05) is 12.2 Å². The monoisotopic (exact) mass is 293 g/mol. The van der Waals surface area contributed by atoms with Gasteiger partial charge in [0.25, 0.3) is 0 Å². The van der Waals surface area contributed by atoms with Gasteiger partial charge in [0, 0.05) is 24.3 Å². The highest BCUT2D eigenvalue weighted by atomic mass is 32.1. The summed E-state index contributed by atoms with van der Waals surface area (Å²) in [5, 5.41) is 3.19. The zero-order valence-corrected chi connectivity index (χ0v) is 12.3. The molecule has 1 amide bonds. The van der Waals surface area contributed by atoms with E-state index < -0.39 is 0 Å². The molecule has 5 nitrogen and oxygen atoms in total. The summed E-state index contributed by atoms with van der Waals surface area (Å²) in [5.41, 5.74) is 7.24. The van der Waals surface area contributed by atoms with E-state index in [1.807, 2.05) is 36.1 Å². The van der Waals surface area contributed by atoms with E-state index in [-0.39, 0.29) is 11.9 Å². The lowest BCUT2D eigenvalue weighted by atomic mass is 10.2. The topological polar surface area (TPSA) is 67.6 Å². The lowest BCUT2D eigenvalue weighted by molar-refractivity contribution is -0.135. The van der Waals surface area contributed by atoms with Crippen LogP contribution in [0, 0.1) is 0 Å². The number of rotatable bonds is 4. The molecule has 1 fully saturated rings. The van der Waals surface area contributed by atoms with E-state index in [0.29, 0.717) is 31.3 Å². The maximum absolute atomic E-state index is 12.2. The summed E-state index contributed by atoms with van der Waals surface area (Å²) in [5.74, 6) is 0.0896. The normalized spacial score (nSPS) is 16.6. The van der Waals surface area contributed by atoms with Crippen LogP contribution in [0.5, 0.6) is 0 Å². The first-order valence-electron chi connectivity index (χ1n) is 6.61. The van der Waals surface area contributed by atoms with Crippen molar-refractivity contribution in [3.63, 3.8) is 0 Å². The molecule has 1 atom stereocenters. The average molecular weight is 293 g/mol. The number of carbonyl (C=O) groups excluding carboxylic acids is 1. The highest BCUT2D eigenvalue weighted by Crippen LogP contribution is 2.12. The molecule has 1 heterocycles. The molecule has 0 radical (unpaired) electrons. The Labute approximate surface area is 124 Å². The van der Waals surface area contributed by atoms with E-state index in [2.05, 4.69) is 5.32 Å². The Kier molecular flexibility index (Phi) is 4.92. The predicted octanol–water partition coefficient (Wildman–Crippen LogP) is 0.980. The van der Waals surface area contributed by atoms with E-state index >= 15 is 0 Å². The van der Waals surface area contributed by atoms with Crippen molar-refractivity contribution in [3.05, 3.63) is 29.8 Å². The Balaban J connectivity index is 1.94. The number of thiocarbonyl (C=S) groups is 1. The number of hydrogen-bond donors (Lipinski definition) is 2. The number of morpholine rings is 1. The number of hydrogen-bond acceptors (Lipinski definition) is 4. The van der Waals surface area contributed by atoms with Gasteiger partial charge in [0.15, 0.2) is 0 Å². The zero-order valence-electron chi connectivity index (χ0n) is 11.5. The molecule has 1 saturated heterocycles. The maximum Gasteiger partial charge on any atom is 0.244 e. The number of benzene rings is 1. The van der Waals surface area contributed by atoms with Crippen molar-refractivity contribution in [2.75, 3.05) is 31.6 Å². The molecule has 0 saturated carbocycles. The molecule has 1 aromatic carbocycles. The third-order valence-corrected chi connectivity index (χ3v) is 3.48. The van der Waals surface area contributed by atoms with Gasteiger partial charge in [0.2, 0.25) is 5.91 Å². The minimum Gasteiger partial charge on any atom is -0.389 e. The fourth-order valence-corrected chi connectivity index (χ4v) is 2.24. The van der Waals surface area contributed by atoms with Crippen molar-refractivity contribution in [2.45, 2.75) is 13.0 Å². The SMILES string of the molecule is CC(Nc1ccc(C(N)=S)cc1)C(=O)N1CCOCC1. The van der Waals surface area contributed by atoms with Crippen LogP contribution in [0.25, 0.3) is 0 Å². The minimum absolute atomic E-state index is 0.0896. The molecular weight excluding hydrogens is 274 g/mol. The predicted molar refractivity (Wildman–Crippen MR) is 82.8 cm³/mol. The average Bonchev–Trinajstić information content (AvgIpc) is 2.48. The van der Waals surface area contributed by atoms with Crippen LogP contribution >= 0.6 is 12.2 Å². The largest absolute Gasteiger partial charge is 0.389 e. The van der Waals surface area contributed by atoms with Gasteiger partial charge in [-0.25, -0.2) is 0 Å². The van der Waals surface area contributed by atoms with Crippen molar-refractivity contribution < 1.29 is 9.53 Å². The molecule has 1 aliphatic heterocycles. The first-order valence-corrected chi connectivity index (χ1v) is 7.01. The smallest absolute Gasteiger partial charge is 0.244 e. The van der Waals surface area contributed by atoms with Gasteiger partial charge in [0.1, 0.15) is 11.0 Å². The molecule has 0 aliphatic carbocycles. The summed E-state index contributed by atoms with van der Waals surface area (Å²) < 4.78 is 5.25. The highest BCUT2D eigenvalue weighted by molar-refractivity contribution is 7.80. The standard InChI is InChI=1S/C14H19N3O2S/c1-10(14(18)17-6-8-19-9-7-17)16-12-4-2-11(3-5-12)13(15)20/h2-5,10,16H,6-9H2,1H3,(H2,15,20). The molecule has 108 valence electrons. The maximum atomic E-state index is 12.2. The molecular formula is C14H19N3O2S. The number of anilines is 1. The summed E-state index contributed by atoms with van der Waals surface area (Å²) in [4.78, 5) is 14.4. The van der Waals surface area contributed by atoms with E-state index in [1.54, 1.807) is 0 Å². The van der Waals surface area contributed by atoms with Crippen LogP contribution in [-0.4, -0.2) is 48.1 Å². The number of nitrogens with zero attached hydrogens (tertiary/aromatic N) is 1. The van der Waals surface area contributed by atoms with Gasteiger partial charge in [-0.3, -0.25) is 4.79 Å². The first-order chi connectivity index (χ1) is 9.58. The van der Waals surface area contributed by atoms with Gasteiger partial charge in [-0.05, 0) is 31.2 Å². The Bertz CT molecular complexity index is 484. The fourth-order valence-electron chi connectivity index (χ4n) is 2.10. The van der Waals surface area contributed by atoms with Crippen LogP contribution in [0.15, 0.2) is 24.3 Å². The van der Waals surface area contributed by atoms with Gasteiger partial charge in [-0.2, -0.15) is 0 Å². The van der Waals surface area contributed by atoms with Gasteiger partial charge in [0.05, 0.1) is 13.2 Å². The fraction of sp³-hybridized carbons (Fsp3) is 0.429. The molecule has 0 bridgehead atoms. The first kappa shape index (κ1) is 14.7. The van der Waals surface area contributed by atoms with Crippen molar-refractivity contribution in [1.82, 2.24) is 4.90 Å². The third kappa shape index (κ3) is 3.68. The molecule has 1 unspecified atom stereocenters. The van der Waals surface area contributed by atoms with Crippen LogP contribution in [0.4, 0.5) is 5.69 Å². The molecule has 0 spiro atoms. The number of carbonyl (C=O) groups is 1. The summed E-state index contributed by atoms with van der Waals surface area (Å²) in [6.45, 7) is 4.40. The van der Waals surface area contributed by atoms with Gasteiger partial charge >= 0.3 is 0 Å². The van der Waals surface area contributed by atoms with Gasteiger partial charge in [-0.15, -0.1) is 0 Å². The van der Waals surface area contributed by atoms with Crippen LogP contribution in [-0.2, 0) is 9.53 Å². The van der Waals surface area contributed by atoms with Crippen molar-refractivity contribution in [1.29, 1.82) is 0 Å². The Hall–Kier alpha value is -1.66. The second kappa shape index (κ2) is 6.67. The van der Waals surface area contributed by atoms with Gasteiger partial charge < -0.3 is 20.7 Å². The van der Waals surface area contributed by atoms with Crippen LogP contribution < -0.4 is 11.1 Å². The lowest BCUT2D eigenvalue weighted by Crippen LogP contribution is -2.46. The molecule has 2 rings (SSSR count). The van der Waals surface area contributed by atoms with E-state index in [9.17, 15) is 4.79 Å². The van der Waals surface area contributed by atoms with E-state index in [0.717, 1.165) is 11.3 Å². The van der Waals surface area contributed by atoms with Crippen LogP contribution in [0.3, 0.4) is 0 Å². The van der Waals surface area contributed by atoms with E-state index in [4.69, 9.17) is 22.7 Å². The Morgan fingerprint density at radius 2 is 1.95 bits per heavy atom. The third-order valence-electron chi connectivity index (χ3n) is 3.25. The number of amides is 1. The molecule has 6 heteroatoms. The van der Waals surface area contributed by atoms with E-state index in [1.165, 1.54) is 0 Å². The molecule has 1 aliphatic rings. The number of nitrogens with one attached hydrogen (secondary N) is 1. The van der Waals surface area contributed by atoms with Crippen LogP contribution in [0.1, 0.15) is 12.5 Å². The Morgan fingerprint density at radius 3 is 2.50 bits per heavy atom. The molecule has 0 aromatic heterocycles. The minimum atomic E-state index is -0.274. The quantitative estimate of drug-likeness (QED) is 0.810. The molecule has 1 aromatic rings. The van der Waals surface area contributed by atoms with Crippen molar-refractivity contribution in [3.8, 4) is 0 Å². The Morgan fingerprint density at radius 1 is 1.35 bits per heavy atom. The second-order valence-corrected chi connectivity index (χ2v) is 5.19. The summed E-state index contributed by atoms with van der Waals surface area (Å²) in [6, 6.07) is 7.16. The number of nitrogens with two attached hydrogens (primary N) is 1. The summed E-state index contributed by atoms with van der Waals surface area (Å²) >= 11 is 4.90.